The fourth-order valence-electron chi connectivity index (χ4n) is 12.4. The molecule has 366 valence electrons. The fraction of sp³-hybridized carbons (Fsp3) is 0.574. The van der Waals surface area contributed by atoms with Crippen molar-refractivity contribution in [2.24, 2.45) is 5.41 Å². The molecular formula is C54H70N10O5. The number of H-pyrrole nitrogens is 1. The lowest BCUT2D eigenvalue weighted by Gasteiger charge is -2.47. The predicted molar refractivity (Wildman–Crippen MR) is 265 cm³/mol. The number of terminal acetylenes is 1. The molecule has 5 fully saturated rings. The van der Waals surface area contributed by atoms with Gasteiger partial charge in [0.1, 0.15) is 17.8 Å². The summed E-state index contributed by atoms with van der Waals surface area (Å²) < 4.78 is 0. The highest BCUT2D eigenvalue weighted by Crippen LogP contribution is 2.46. The maximum Gasteiger partial charge on any atom is 0.318 e. The number of amides is 4. The molecule has 15 nitrogen and oxygen atoms in total. The van der Waals surface area contributed by atoms with E-state index in [2.05, 4.69) is 59.4 Å². The summed E-state index contributed by atoms with van der Waals surface area (Å²) in [5, 5.41) is 37.7. The molecule has 2 aromatic heterocycles. The largest absolute Gasteiger partial charge is 0.507 e. The predicted octanol–water partition coefficient (Wildman–Crippen LogP) is 5.52. The van der Waals surface area contributed by atoms with Crippen molar-refractivity contribution in [3.05, 3.63) is 77.0 Å². The molecule has 0 bridgehead atoms. The first-order chi connectivity index (χ1) is 33.2. The van der Waals surface area contributed by atoms with E-state index in [1.807, 2.05) is 68.1 Å². The number of hydrogen-bond donors (Lipinski definition) is 5. The number of benzene rings is 2. The zero-order valence-corrected chi connectivity index (χ0v) is 40.8. The first-order valence-electron chi connectivity index (χ1n) is 25.5. The number of hydrogen-bond acceptors (Lipinski definition) is 10. The van der Waals surface area contributed by atoms with Gasteiger partial charge in [-0.05, 0) is 131 Å². The molecule has 4 atom stereocenters. The van der Waals surface area contributed by atoms with Gasteiger partial charge in [0.2, 0.25) is 11.8 Å². The molecule has 5 aliphatic heterocycles. The smallest absolute Gasteiger partial charge is 0.318 e. The average molecular weight is 939 g/mol. The number of carbonyl (C=O) groups is 3. The van der Waals surface area contributed by atoms with Crippen LogP contribution in [-0.4, -0.2) is 156 Å². The fourth-order valence-corrected chi connectivity index (χ4v) is 12.4. The molecule has 4 saturated heterocycles. The van der Waals surface area contributed by atoms with E-state index < -0.39 is 29.1 Å². The molecule has 1 aliphatic carbocycles. The van der Waals surface area contributed by atoms with Gasteiger partial charge in [-0.1, -0.05) is 51.0 Å². The summed E-state index contributed by atoms with van der Waals surface area (Å²) in [6.07, 6.45) is 13.8. The molecule has 7 heterocycles. The number of aromatic nitrogens is 3. The normalized spacial score (nSPS) is 24.7. The number of likely N-dealkylation sites (tertiary alicyclic amines) is 4. The van der Waals surface area contributed by atoms with Crippen LogP contribution < -0.4 is 10.6 Å². The lowest BCUT2D eigenvalue weighted by Crippen LogP contribution is -2.61. The van der Waals surface area contributed by atoms with Gasteiger partial charge in [0, 0.05) is 85.4 Å². The minimum absolute atomic E-state index is 0.0381. The van der Waals surface area contributed by atoms with E-state index in [9.17, 15) is 24.6 Å². The van der Waals surface area contributed by atoms with Crippen LogP contribution in [0.5, 0.6) is 5.75 Å². The summed E-state index contributed by atoms with van der Waals surface area (Å²) in [4.78, 5) is 57.2. The highest BCUT2D eigenvalue weighted by molar-refractivity contribution is 5.93. The quantitative estimate of drug-likeness (QED) is 0.135. The SMILES string of the molecule is C#Cc1ccc(C2(NC(=O)[C@@H]3C[C@@H](O)CN3C(=O)[C@@H](NC(=O)N3CCC(N4CCC(N5CCC(N6CCc7[nH]c8nnc(-c9ccccc9O)cc8c7[C@H]6C)CC5)CC4)CC3)C(C)(C)C)CC2)cc1. The Balaban J connectivity index is 0.686. The zero-order valence-electron chi connectivity index (χ0n) is 40.8. The van der Waals surface area contributed by atoms with Gasteiger partial charge in [0.15, 0.2) is 5.65 Å². The Morgan fingerprint density at radius 2 is 1.51 bits per heavy atom. The summed E-state index contributed by atoms with van der Waals surface area (Å²) in [7, 11) is 0. The summed E-state index contributed by atoms with van der Waals surface area (Å²) >= 11 is 0. The number of aliphatic hydroxyl groups excluding tert-OH is 1. The molecule has 69 heavy (non-hydrogen) atoms. The number of piperidine rings is 3. The lowest BCUT2D eigenvalue weighted by molar-refractivity contribution is -0.142. The number of fused-ring (bicyclic) bond motifs is 3. The van der Waals surface area contributed by atoms with Gasteiger partial charge in [-0.15, -0.1) is 16.6 Å². The molecule has 15 heteroatoms. The van der Waals surface area contributed by atoms with Crippen LogP contribution in [0.2, 0.25) is 0 Å². The highest BCUT2D eigenvalue weighted by atomic mass is 16.3. The van der Waals surface area contributed by atoms with Gasteiger partial charge in [-0.2, -0.15) is 0 Å². The number of urea groups is 1. The molecule has 1 saturated carbocycles. The number of phenolic OH excluding ortho intramolecular Hbond substituents is 1. The number of phenols is 1. The molecule has 5 N–H and O–H groups in total. The van der Waals surface area contributed by atoms with Crippen LogP contribution in [0.3, 0.4) is 0 Å². The number of aromatic hydroxyl groups is 1. The van der Waals surface area contributed by atoms with Crippen molar-refractivity contribution >= 4 is 28.9 Å². The number of nitrogens with zero attached hydrogens (tertiary/aromatic N) is 7. The topological polar surface area (TPSA) is 173 Å². The van der Waals surface area contributed by atoms with Crippen LogP contribution in [0.4, 0.5) is 4.79 Å². The van der Waals surface area contributed by atoms with Gasteiger partial charge < -0.3 is 45.4 Å². The van der Waals surface area contributed by atoms with Crippen molar-refractivity contribution in [3.63, 3.8) is 0 Å². The summed E-state index contributed by atoms with van der Waals surface area (Å²) in [6.45, 7) is 14.8. The van der Waals surface area contributed by atoms with E-state index in [-0.39, 0.29) is 42.6 Å². The molecule has 2 aromatic carbocycles. The number of carbonyl (C=O) groups excluding carboxylic acids is 3. The van der Waals surface area contributed by atoms with E-state index in [4.69, 9.17) is 6.42 Å². The van der Waals surface area contributed by atoms with Crippen molar-refractivity contribution in [3.8, 4) is 29.4 Å². The lowest BCUT2D eigenvalue weighted by atomic mass is 9.85. The third-order valence-electron chi connectivity index (χ3n) is 16.6. The van der Waals surface area contributed by atoms with Gasteiger partial charge in [0.05, 0.1) is 17.3 Å². The number of rotatable bonds is 9. The second-order valence-electron chi connectivity index (χ2n) is 21.9. The van der Waals surface area contributed by atoms with Crippen LogP contribution in [0, 0.1) is 17.8 Å². The van der Waals surface area contributed by atoms with E-state index in [1.54, 1.807) is 6.07 Å². The Morgan fingerprint density at radius 1 is 0.870 bits per heavy atom. The number of para-hydroxylation sites is 1. The van der Waals surface area contributed by atoms with Crippen LogP contribution in [0.25, 0.3) is 22.3 Å². The van der Waals surface area contributed by atoms with Gasteiger partial charge in [-0.3, -0.25) is 14.5 Å². The van der Waals surface area contributed by atoms with E-state index in [0.29, 0.717) is 42.5 Å². The zero-order chi connectivity index (χ0) is 48.2. The molecule has 0 spiro atoms. The Morgan fingerprint density at radius 3 is 2.13 bits per heavy atom. The average Bonchev–Trinajstić information content (AvgIpc) is 3.87. The Labute approximate surface area is 406 Å². The first kappa shape index (κ1) is 47.2. The second kappa shape index (κ2) is 19.0. The number of β-amino-alcohol motifs (C(OH)–C–C–N with tert-alkyl or cyclic N) is 1. The third-order valence-corrected chi connectivity index (χ3v) is 16.6. The molecule has 0 radical (unpaired) electrons. The van der Waals surface area contributed by atoms with Crippen molar-refractivity contribution < 1.29 is 24.6 Å². The Hall–Kier alpha value is -5.53. The standard InChI is InChI=1S/C54H70N10O5/c1-6-35-11-13-36(14-12-35)54(22-23-54)57-50(67)45-31-40(65)33-64(45)51(68)48(53(3,4)5)56-52(69)62-28-17-38(18-29-62)60-24-15-37(16-25-60)61-26-19-39(20-27-61)63-30-21-43-47(34(63)2)42-32-44(58-59-49(42)55-43)41-9-7-8-10-46(41)66/h1,7-14,32,34,37-40,45,48,65-66H,15-31,33H2,2-5H3,(H,55,59)(H,56,69)(H,57,67)/t34-,40-,45+,48-/m1/s1. The summed E-state index contributed by atoms with van der Waals surface area (Å²) in [5.41, 5.74) is 5.35. The van der Waals surface area contributed by atoms with Crippen molar-refractivity contribution in [2.45, 2.75) is 140 Å². The van der Waals surface area contributed by atoms with E-state index in [1.165, 1.54) is 16.2 Å². The first-order valence-corrected chi connectivity index (χ1v) is 25.5. The molecular weight excluding hydrogens is 869 g/mol. The minimum atomic E-state index is -0.879. The van der Waals surface area contributed by atoms with Crippen molar-refractivity contribution in [1.29, 1.82) is 0 Å². The Bertz CT molecular complexity index is 2570. The van der Waals surface area contributed by atoms with Crippen LogP contribution in [-0.2, 0) is 21.5 Å². The second-order valence-corrected chi connectivity index (χ2v) is 21.9. The van der Waals surface area contributed by atoms with Crippen molar-refractivity contribution in [1.82, 2.24) is 50.3 Å². The third kappa shape index (κ3) is 9.45. The maximum absolute atomic E-state index is 14.4. The summed E-state index contributed by atoms with van der Waals surface area (Å²) in [6, 6.07) is 16.8. The van der Waals surface area contributed by atoms with Crippen LogP contribution in [0.15, 0.2) is 54.6 Å². The van der Waals surface area contributed by atoms with Crippen LogP contribution >= 0.6 is 0 Å². The monoisotopic (exact) mass is 939 g/mol. The highest BCUT2D eigenvalue weighted by Gasteiger charge is 2.50. The van der Waals surface area contributed by atoms with Crippen LogP contribution in [0.1, 0.15) is 114 Å². The summed E-state index contributed by atoms with van der Waals surface area (Å²) in [5.74, 6) is 2.20. The Kier molecular flexibility index (Phi) is 13.0. The van der Waals surface area contributed by atoms with Gasteiger partial charge >= 0.3 is 6.03 Å². The van der Waals surface area contributed by atoms with Gasteiger partial charge in [0.25, 0.3) is 0 Å². The number of aromatic amines is 1. The molecule has 6 aliphatic rings. The maximum atomic E-state index is 14.4. The number of aliphatic hydroxyl groups is 1. The van der Waals surface area contributed by atoms with Crippen molar-refractivity contribution in [2.75, 3.05) is 52.4 Å². The van der Waals surface area contributed by atoms with Gasteiger partial charge in [-0.25, -0.2) is 4.79 Å². The molecule has 0 unspecified atom stereocenters. The van der Waals surface area contributed by atoms with E-state index in [0.717, 1.165) is 113 Å². The molecule has 10 rings (SSSR count). The van der Waals surface area contributed by atoms with E-state index >= 15 is 0 Å². The number of nitrogens with one attached hydrogen (secondary N) is 3. The molecule has 4 amide bonds. The minimum Gasteiger partial charge on any atom is -0.507 e. The molecule has 4 aromatic rings.